The fourth-order valence-electron chi connectivity index (χ4n) is 2.74. The molecule has 7 nitrogen and oxygen atoms in total. The third-order valence-corrected chi connectivity index (χ3v) is 3.65. The minimum absolute atomic E-state index is 0.0346. The lowest BCUT2D eigenvalue weighted by atomic mass is 9.99. The molecule has 2 atom stereocenters. The molecular weight excluding hydrogens is 296 g/mol. The van der Waals surface area contributed by atoms with Crippen LogP contribution in [0.1, 0.15) is 46.5 Å². The topological polar surface area (TPSA) is 95.4 Å². The average molecular weight is 322 g/mol. The first-order chi connectivity index (χ1) is 10.8. The van der Waals surface area contributed by atoms with Gasteiger partial charge in [0.2, 0.25) is 5.91 Å². The van der Waals surface area contributed by atoms with E-state index in [-0.39, 0.29) is 30.9 Å². The number of nitrogens with zero attached hydrogens (tertiary/aromatic N) is 4. The summed E-state index contributed by atoms with van der Waals surface area (Å²) in [6.07, 6.45) is 3.80. The number of esters is 1. The average Bonchev–Trinajstić information content (AvgIpc) is 2.90. The van der Waals surface area contributed by atoms with Crippen LogP contribution in [0.2, 0.25) is 0 Å². The van der Waals surface area contributed by atoms with Crippen molar-refractivity contribution in [1.82, 2.24) is 4.90 Å². The van der Waals surface area contributed by atoms with Crippen LogP contribution in [-0.2, 0) is 14.3 Å². The summed E-state index contributed by atoms with van der Waals surface area (Å²) in [5.41, 5.74) is 7.88. The second-order valence-corrected chi connectivity index (χ2v) is 6.75. The molecule has 0 unspecified atom stereocenters. The molecule has 1 rings (SSSR count). The van der Waals surface area contributed by atoms with Gasteiger partial charge < -0.3 is 9.64 Å². The molecule has 0 saturated carbocycles. The zero-order valence-electron chi connectivity index (χ0n) is 14.2. The fourth-order valence-corrected chi connectivity index (χ4v) is 2.74. The largest absolute Gasteiger partial charge is 0.460 e. The van der Waals surface area contributed by atoms with E-state index in [4.69, 9.17) is 10.3 Å². The van der Waals surface area contributed by atoms with E-state index in [1.165, 1.54) is 0 Å². The Hall–Kier alpha value is -2.01. The van der Waals surface area contributed by atoms with Crippen molar-refractivity contribution in [3.05, 3.63) is 23.1 Å². The van der Waals surface area contributed by atoms with E-state index in [2.05, 4.69) is 16.6 Å². The molecule has 0 N–H and O–H groups in total. The van der Waals surface area contributed by atoms with E-state index in [1.54, 1.807) is 31.7 Å². The third-order valence-electron chi connectivity index (χ3n) is 3.65. The lowest BCUT2D eigenvalue weighted by molar-refractivity contribution is -0.158. The predicted molar refractivity (Wildman–Crippen MR) is 87.5 cm³/mol. The van der Waals surface area contributed by atoms with Crippen molar-refractivity contribution < 1.29 is 14.3 Å². The number of carbonyl (C=O) groups excluding carboxylic acids is 2. The van der Waals surface area contributed by atoms with Gasteiger partial charge in [-0.1, -0.05) is 11.2 Å². The number of hydrogen-bond acceptors (Lipinski definition) is 4. The van der Waals surface area contributed by atoms with Gasteiger partial charge in [-0.05, 0) is 45.6 Å². The zero-order valence-corrected chi connectivity index (χ0v) is 14.2. The number of allylic oxidation sites excluding steroid dienone is 1. The molecule has 1 heterocycles. The lowest BCUT2D eigenvalue weighted by Gasteiger charge is -2.28. The number of amides is 1. The van der Waals surface area contributed by atoms with Gasteiger partial charge in [0.15, 0.2) is 0 Å². The molecule has 128 valence electrons. The standard InChI is InChI=1S/C16H26N4O3/c1-5-7-12(10-14(21)23-16(2,3)4)15(22)20-9-6-8-13(20)11-18-19-17/h5,12-13H,1,6-11H2,2-4H3/t12-,13-/m0/s1. The van der Waals surface area contributed by atoms with Crippen molar-refractivity contribution in [2.75, 3.05) is 13.1 Å². The molecule has 7 heteroatoms. The highest BCUT2D eigenvalue weighted by Crippen LogP contribution is 2.24. The van der Waals surface area contributed by atoms with E-state index in [9.17, 15) is 9.59 Å². The first-order valence-electron chi connectivity index (χ1n) is 7.92. The van der Waals surface area contributed by atoms with Gasteiger partial charge in [0.05, 0.1) is 12.3 Å². The molecule has 1 aliphatic rings. The molecule has 1 aliphatic heterocycles. The summed E-state index contributed by atoms with van der Waals surface area (Å²) < 4.78 is 5.31. The van der Waals surface area contributed by atoms with E-state index >= 15 is 0 Å². The van der Waals surface area contributed by atoms with Gasteiger partial charge in [0, 0.05) is 24.0 Å². The van der Waals surface area contributed by atoms with E-state index < -0.39 is 11.5 Å². The molecule has 0 aromatic carbocycles. The first-order valence-corrected chi connectivity index (χ1v) is 7.92. The van der Waals surface area contributed by atoms with Crippen LogP contribution in [0.3, 0.4) is 0 Å². The summed E-state index contributed by atoms with van der Waals surface area (Å²) in [5.74, 6) is -0.955. The van der Waals surface area contributed by atoms with Crippen molar-refractivity contribution in [1.29, 1.82) is 0 Å². The maximum Gasteiger partial charge on any atom is 0.307 e. The normalized spacial score (nSPS) is 18.9. The van der Waals surface area contributed by atoms with Gasteiger partial charge in [-0.3, -0.25) is 9.59 Å². The summed E-state index contributed by atoms with van der Waals surface area (Å²) in [4.78, 5) is 29.3. The second-order valence-electron chi connectivity index (χ2n) is 6.75. The third kappa shape index (κ3) is 6.32. The minimum atomic E-state index is -0.573. The summed E-state index contributed by atoms with van der Waals surface area (Å²) in [5, 5.41) is 3.58. The van der Waals surface area contributed by atoms with Crippen molar-refractivity contribution in [3.63, 3.8) is 0 Å². The molecule has 0 spiro atoms. The molecule has 1 fully saturated rings. The van der Waals surface area contributed by atoms with Crippen LogP contribution in [0.25, 0.3) is 10.4 Å². The zero-order chi connectivity index (χ0) is 17.5. The number of carbonyl (C=O) groups is 2. The second kappa shape index (κ2) is 8.58. The highest BCUT2D eigenvalue weighted by Gasteiger charge is 2.34. The van der Waals surface area contributed by atoms with Crippen LogP contribution in [-0.4, -0.2) is 41.5 Å². The summed E-state index contributed by atoms with van der Waals surface area (Å²) >= 11 is 0. The Balaban J connectivity index is 2.75. The Morgan fingerprint density at radius 1 is 1.52 bits per heavy atom. The maximum atomic E-state index is 12.7. The molecule has 1 saturated heterocycles. The molecular formula is C16H26N4O3. The Labute approximate surface area is 137 Å². The van der Waals surface area contributed by atoms with Gasteiger partial charge in [0.1, 0.15) is 5.60 Å². The minimum Gasteiger partial charge on any atom is -0.460 e. The Morgan fingerprint density at radius 2 is 2.22 bits per heavy atom. The molecule has 0 aromatic rings. The van der Waals surface area contributed by atoms with Gasteiger partial charge in [-0.15, -0.1) is 6.58 Å². The van der Waals surface area contributed by atoms with E-state index in [0.717, 1.165) is 12.8 Å². The molecule has 23 heavy (non-hydrogen) atoms. The SMILES string of the molecule is C=CC[C@@H](CC(=O)OC(C)(C)C)C(=O)N1CCC[C@H]1CN=[N+]=[N-]. The van der Waals surface area contributed by atoms with Gasteiger partial charge in [0.25, 0.3) is 0 Å². The number of hydrogen-bond donors (Lipinski definition) is 0. The van der Waals surface area contributed by atoms with Gasteiger partial charge >= 0.3 is 5.97 Å². The number of likely N-dealkylation sites (tertiary alicyclic amines) is 1. The highest BCUT2D eigenvalue weighted by atomic mass is 16.6. The number of ether oxygens (including phenoxy) is 1. The molecule has 1 amide bonds. The summed E-state index contributed by atoms with van der Waals surface area (Å²) in [6.45, 7) is 9.97. The van der Waals surface area contributed by atoms with Crippen LogP contribution < -0.4 is 0 Å². The molecule has 0 aliphatic carbocycles. The van der Waals surface area contributed by atoms with Crippen molar-refractivity contribution in [2.45, 2.75) is 58.1 Å². The van der Waals surface area contributed by atoms with Crippen LogP contribution in [0.5, 0.6) is 0 Å². The van der Waals surface area contributed by atoms with Crippen LogP contribution in [0.4, 0.5) is 0 Å². The lowest BCUT2D eigenvalue weighted by Crippen LogP contribution is -2.42. The van der Waals surface area contributed by atoms with Crippen molar-refractivity contribution >= 4 is 11.9 Å². The van der Waals surface area contributed by atoms with Gasteiger partial charge in [-0.2, -0.15) is 0 Å². The quantitative estimate of drug-likeness (QED) is 0.237. The Morgan fingerprint density at radius 3 is 2.78 bits per heavy atom. The fraction of sp³-hybridized carbons (Fsp3) is 0.750. The Kier molecular flexibility index (Phi) is 7.10. The monoisotopic (exact) mass is 322 g/mol. The predicted octanol–water partition coefficient (Wildman–Crippen LogP) is 3.21. The number of rotatable bonds is 7. The van der Waals surface area contributed by atoms with Crippen LogP contribution in [0.15, 0.2) is 17.8 Å². The smallest absolute Gasteiger partial charge is 0.307 e. The molecule has 0 bridgehead atoms. The van der Waals surface area contributed by atoms with Crippen LogP contribution >= 0.6 is 0 Å². The summed E-state index contributed by atoms with van der Waals surface area (Å²) in [6, 6.07) is -0.0793. The van der Waals surface area contributed by atoms with Gasteiger partial charge in [-0.25, -0.2) is 0 Å². The first kappa shape index (κ1) is 19.0. The summed E-state index contributed by atoms with van der Waals surface area (Å²) in [7, 11) is 0. The van der Waals surface area contributed by atoms with E-state index in [1.807, 2.05) is 0 Å². The van der Waals surface area contributed by atoms with E-state index in [0.29, 0.717) is 13.0 Å². The number of azide groups is 1. The molecule has 0 aromatic heterocycles. The van der Waals surface area contributed by atoms with Crippen molar-refractivity contribution in [3.8, 4) is 0 Å². The highest BCUT2D eigenvalue weighted by molar-refractivity contribution is 5.84. The van der Waals surface area contributed by atoms with Crippen LogP contribution in [0, 0.1) is 5.92 Å². The van der Waals surface area contributed by atoms with Crippen molar-refractivity contribution in [2.24, 2.45) is 11.0 Å². The Bertz CT molecular complexity index is 492. The molecule has 0 radical (unpaired) electrons. The maximum absolute atomic E-state index is 12.7.